The number of unbranched alkanes of at least 4 members (excludes halogenated alkanes) is 2. The lowest BCUT2D eigenvalue weighted by Crippen LogP contribution is -2.54. The molecule has 1 aromatic rings. The summed E-state index contributed by atoms with van der Waals surface area (Å²) in [4.78, 5) is 41.4. The van der Waals surface area contributed by atoms with Crippen LogP contribution in [0.4, 0.5) is 4.79 Å². The van der Waals surface area contributed by atoms with Crippen molar-refractivity contribution >= 4 is 17.9 Å². The van der Waals surface area contributed by atoms with Crippen LogP contribution in [0.1, 0.15) is 90.0 Å². The van der Waals surface area contributed by atoms with Crippen LogP contribution in [0.3, 0.4) is 0 Å². The Hall–Kier alpha value is -2.61. The van der Waals surface area contributed by atoms with Crippen LogP contribution in [-0.2, 0) is 14.3 Å². The fourth-order valence-electron chi connectivity index (χ4n) is 4.08. The molecule has 204 valence electrons. The first-order valence-corrected chi connectivity index (χ1v) is 13.1. The van der Waals surface area contributed by atoms with Gasteiger partial charge in [-0.3, -0.25) is 9.59 Å². The van der Waals surface area contributed by atoms with Crippen LogP contribution in [0.5, 0.6) is 0 Å². The van der Waals surface area contributed by atoms with Crippen molar-refractivity contribution < 1.29 is 24.2 Å². The molecule has 1 rings (SSSR count). The molecule has 0 saturated heterocycles. The lowest BCUT2D eigenvalue weighted by molar-refractivity contribution is -0.143. The summed E-state index contributed by atoms with van der Waals surface area (Å²) >= 11 is 0. The monoisotopic (exact) mass is 505 g/mol. The van der Waals surface area contributed by atoms with Crippen molar-refractivity contribution in [1.82, 2.24) is 15.5 Å². The summed E-state index contributed by atoms with van der Waals surface area (Å²) in [6, 6.07) is 3.89. The maximum Gasteiger partial charge on any atom is 0.408 e. The van der Waals surface area contributed by atoms with E-state index in [0.717, 1.165) is 30.4 Å². The number of nitrogens with one attached hydrogen (secondary N) is 2. The summed E-state index contributed by atoms with van der Waals surface area (Å²) < 4.78 is 5.39. The fraction of sp³-hybridized carbons (Fsp3) is 0.679. The van der Waals surface area contributed by atoms with E-state index in [1.807, 2.05) is 45.9 Å². The summed E-state index contributed by atoms with van der Waals surface area (Å²) in [5, 5.41) is 15.6. The summed E-state index contributed by atoms with van der Waals surface area (Å²) in [6.07, 6.45) is 2.52. The number of amides is 3. The number of aryl methyl sites for hydroxylation is 2. The Morgan fingerprint density at radius 2 is 1.78 bits per heavy atom. The van der Waals surface area contributed by atoms with Crippen molar-refractivity contribution in [3.05, 3.63) is 34.9 Å². The maximum absolute atomic E-state index is 13.9. The third-order valence-corrected chi connectivity index (χ3v) is 5.68. The van der Waals surface area contributed by atoms with E-state index in [9.17, 15) is 19.5 Å². The SMILES string of the molecule is CCCCCNC(=O)C(c1ccc(C)cc1C)N(CCO)C(=O)C(CC(C)C)NC(=O)OC(C)(C)C. The van der Waals surface area contributed by atoms with Gasteiger partial charge in [-0.05, 0) is 64.5 Å². The van der Waals surface area contributed by atoms with E-state index in [0.29, 0.717) is 18.5 Å². The molecule has 0 fully saturated rings. The number of carbonyl (C=O) groups excluding carboxylic acids is 3. The second kappa shape index (κ2) is 14.8. The summed E-state index contributed by atoms with van der Waals surface area (Å²) in [7, 11) is 0. The van der Waals surface area contributed by atoms with Gasteiger partial charge >= 0.3 is 6.09 Å². The summed E-state index contributed by atoms with van der Waals surface area (Å²) in [5.74, 6) is -0.648. The van der Waals surface area contributed by atoms with Crippen LogP contribution in [0.2, 0.25) is 0 Å². The zero-order valence-corrected chi connectivity index (χ0v) is 23.4. The molecule has 0 aliphatic rings. The highest BCUT2D eigenvalue weighted by Gasteiger charge is 2.36. The van der Waals surface area contributed by atoms with Gasteiger partial charge in [0.25, 0.3) is 0 Å². The van der Waals surface area contributed by atoms with Gasteiger partial charge in [-0.25, -0.2) is 4.79 Å². The quantitative estimate of drug-likeness (QED) is 0.344. The Morgan fingerprint density at radius 3 is 2.31 bits per heavy atom. The van der Waals surface area contributed by atoms with E-state index in [1.165, 1.54) is 4.90 Å². The Morgan fingerprint density at radius 1 is 1.11 bits per heavy atom. The number of alkyl carbamates (subject to hydrolysis) is 1. The van der Waals surface area contributed by atoms with Crippen LogP contribution in [0.15, 0.2) is 18.2 Å². The number of aliphatic hydroxyl groups is 1. The summed E-state index contributed by atoms with van der Waals surface area (Å²) in [6.45, 7) is 15.3. The number of carbonyl (C=O) groups is 3. The fourth-order valence-corrected chi connectivity index (χ4v) is 4.08. The number of ether oxygens (including phenoxy) is 1. The highest BCUT2D eigenvalue weighted by Crippen LogP contribution is 2.27. The molecule has 8 heteroatoms. The van der Waals surface area contributed by atoms with Crippen LogP contribution < -0.4 is 10.6 Å². The average molecular weight is 506 g/mol. The van der Waals surface area contributed by atoms with Crippen LogP contribution in [0, 0.1) is 19.8 Å². The lowest BCUT2D eigenvalue weighted by Gasteiger charge is -2.35. The van der Waals surface area contributed by atoms with Crippen molar-refractivity contribution in [3.8, 4) is 0 Å². The zero-order valence-electron chi connectivity index (χ0n) is 23.4. The van der Waals surface area contributed by atoms with Crippen molar-refractivity contribution in [1.29, 1.82) is 0 Å². The highest BCUT2D eigenvalue weighted by molar-refractivity contribution is 5.92. The molecule has 0 spiro atoms. The second-order valence-electron chi connectivity index (χ2n) is 10.8. The molecule has 1 aromatic carbocycles. The number of hydrogen-bond donors (Lipinski definition) is 3. The number of rotatable bonds is 13. The molecular weight excluding hydrogens is 458 g/mol. The lowest BCUT2D eigenvalue weighted by atomic mass is 9.95. The molecule has 8 nitrogen and oxygen atoms in total. The third-order valence-electron chi connectivity index (χ3n) is 5.68. The van der Waals surface area contributed by atoms with Gasteiger partial charge in [-0.2, -0.15) is 0 Å². The second-order valence-corrected chi connectivity index (χ2v) is 10.8. The first-order valence-electron chi connectivity index (χ1n) is 13.1. The number of benzene rings is 1. The minimum Gasteiger partial charge on any atom is -0.444 e. The van der Waals surface area contributed by atoms with Crippen molar-refractivity contribution in [2.24, 2.45) is 5.92 Å². The van der Waals surface area contributed by atoms with Gasteiger partial charge in [-0.15, -0.1) is 0 Å². The van der Waals surface area contributed by atoms with Gasteiger partial charge in [0, 0.05) is 13.1 Å². The molecular formula is C28H47N3O5. The molecule has 0 aromatic heterocycles. The van der Waals surface area contributed by atoms with Crippen molar-refractivity contribution in [3.63, 3.8) is 0 Å². The Balaban J connectivity index is 3.42. The number of nitrogens with zero attached hydrogens (tertiary/aromatic N) is 1. The first-order chi connectivity index (χ1) is 16.8. The molecule has 0 aliphatic heterocycles. The van der Waals surface area contributed by atoms with E-state index in [4.69, 9.17) is 4.74 Å². The van der Waals surface area contributed by atoms with E-state index in [-0.39, 0.29) is 25.0 Å². The van der Waals surface area contributed by atoms with Crippen LogP contribution >= 0.6 is 0 Å². The molecule has 0 aliphatic carbocycles. The molecule has 3 N–H and O–H groups in total. The predicted molar refractivity (Wildman–Crippen MR) is 143 cm³/mol. The van der Waals surface area contributed by atoms with Gasteiger partial charge in [0.2, 0.25) is 11.8 Å². The predicted octanol–water partition coefficient (Wildman–Crippen LogP) is 4.41. The topological polar surface area (TPSA) is 108 Å². The van der Waals surface area contributed by atoms with E-state index >= 15 is 0 Å². The van der Waals surface area contributed by atoms with Gasteiger partial charge in [-0.1, -0.05) is 57.4 Å². The van der Waals surface area contributed by atoms with Crippen molar-refractivity contribution in [2.45, 2.75) is 98.8 Å². The van der Waals surface area contributed by atoms with E-state index in [2.05, 4.69) is 17.6 Å². The Kier molecular flexibility index (Phi) is 12.9. The average Bonchev–Trinajstić information content (AvgIpc) is 2.75. The maximum atomic E-state index is 13.9. The standard InChI is InChI=1S/C28H47N3O5/c1-9-10-11-14-29-25(33)24(22-13-12-20(4)18-21(22)5)31(15-16-32)26(34)23(17-19(2)3)30-27(35)36-28(6,7)8/h12-13,18-19,23-24,32H,9-11,14-17H2,1-8H3,(H,29,33)(H,30,35). The molecule has 0 heterocycles. The molecule has 0 bridgehead atoms. The smallest absolute Gasteiger partial charge is 0.408 e. The van der Waals surface area contributed by atoms with Gasteiger partial charge in [0.1, 0.15) is 17.7 Å². The van der Waals surface area contributed by atoms with Gasteiger partial charge in [0.05, 0.1) is 6.61 Å². The van der Waals surface area contributed by atoms with Gasteiger partial charge in [0.15, 0.2) is 0 Å². The highest BCUT2D eigenvalue weighted by atomic mass is 16.6. The molecule has 0 saturated carbocycles. The normalized spacial score (nSPS) is 13.2. The van der Waals surface area contributed by atoms with Crippen molar-refractivity contribution in [2.75, 3.05) is 19.7 Å². The Bertz CT molecular complexity index is 863. The summed E-state index contributed by atoms with van der Waals surface area (Å²) in [5.41, 5.74) is 1.89. The van der Waals surface area contributed by atoms with E-state index < -0.39 is 29.7 Å². The number of hydrogen-bond acceptors (Lipinski definition) is 5. The van der Waals surface area contributed by atoms with Crippen LogP contribution in [0.25, 0.3) is 0 Å². The Labute approximate surface area is 217 Å². The molecule has 2 atom stereocenters. The third kappa shape index (κ3) is 10.6. The van der Waals surface area contributed by atoms with Crippen LogP contribution in [-0.4, -0.2) is 59.3 Å². The minimum absolute atomic E-state index is 0.0518. The largest absolute Gasteiger partial charge is 0.444 e. The molecule has 2 unspecified atom stereocenters. The first kappa shape index (κ1) is 31.4. The molecule has 36 heavy (non-hydrogen) atoms. The zero-order chi connectivity index (χ0) is 27.5. The van der Waals surface area contributed by atoms with Gasteiger partial charge < -0.3 is 25.4 Å². The minimum atomic E-state index is -0.943. The van der Waals surface area contributed by atoms with E-state index in [1.54, 1.807) is 20.8 Å². The number of aliphatic hydroxyl groups excluding tert-OH is 1. The molecule has 3 amide bonds. The molecule has 0 radical (unpaired) electrons.